The van der Waals surface area contributed by atoms with Gasteiger partial charge < -0.3 is 29.7 Å². The van der Waals surface area contributed by atoms with Crippen molar-refractivity contribution in [1.29, 1.82) is 0 Å². The molecule has 0 aliphatic carbocycles. The van der Waals surface area contributed by atoms with Crippen molar-refractivity contribution in [3.63, 3.8) is 0 Å². The monoisotopic (exact) mass is 813 g/mol. The second-order valence-corrected chi connectivity index (χ2v) is 17.5. The third kappa shape index (κ3) is 7.59. The van der Waals surface area contributed by atoms with Gasteiger partial charge in [0.1, 0.15) is 17.7 Å². The summed E-state index contributed by atoms with van der Waals surface area (Å²) in [5.41, 5.74) is 9.56. The van der Waals surface area contributed by atoms with Gasteiger partial charge in [0.2, 0.25) is 11.8 Å². The summed E-state index contributed by atoms with van der Waals surface area (Å²) in [5, 5.41) is 28.1. The number of phenols is 1. The zero-order valence-electron chi connectivity index (χ0n) is 34.0. The number of amides is 2. The maximum Gasteiger partial charge on any atom is 0.243 e. The van der Waals surface area contributed by atoms with Crippen molar-refractivity contribution in [2.45, 2.75) is 90.4 Å². The number of nitrogens with zero attached hydrogens (tertiary/aromatic N) is 7. The number of piperidine rings is 1. The Balaban J connectivity index is 0.822. The van der Waals surface area contributed by atoms with E-state index >= 15 is 0 Å². The Kier molecular flexibility index (Phi) is 10.7. The van der Waals surface area contributed by atoms with Gasteiger partial charge in [-0.2, -0.15) is 0 Å². The number of aromatic amines is 1. The van der Waals surface area contributed by atoms with E-state index in [1.54, 1.807) is 28.4 Å². The molecule has 9 rings (SSSR count). The van der Waals surface area contributed by atoms with E-state index in [9.17, 15) is 14.7 Å². The summed E-state index contributed by atoms with van der Waals surface area (Å²) < 4.78 is 5.96. The number of likely N-dealkylation sites (tertiary alicyclic amines) is 1. The van der Waals surface area contributed by atoms with Crippen LogP contribution in [-0.4, -0.2) is 90.3 Å². The fraction of sp³-hybridized carbons (Fsp3) is 0.422. The molecule has 4 aromatic heterocycles. The number of hydrogen-bond donors (Lipinski definition) is 3. The number of aryl methyl sites for hydroxylation is 1. The number of benzene rings is 2. The summed E-state index contributed by atoms with van der Waals surface area (Å²) in [6.45, 7) is 12.0. The van der Waals surface area contributed by atoms with E-state index in [0.717, 1.165) is 90.4 Å². The van der Waals surface area contributed by atoms with E-state index in [4.69, 9.17) is 4.52 Å². The number of thiazole rings is 1. The Hall–Kier alpha value is -5.60. The molecule has 2 fully saturated rings. The molecular formula is C45H51N9O4S. The first-order valence-corrected chi connectivity index (χ1v) is 21.7. The highest BCUT2D eigenvalue weighted by molar-refractivity contribution is 7.13. The molecule has 14 heteroatoms. The molecule has 0 unspecified atom stereocenters. The van der Waals surface area contributed by atoms with Crippen molar-refractivity contribution in [3.8, 4) is 27.4 Å². The summed E-state index contributed by atoms with van der Waals surface area (Å²) in [6.07, 6.45) is 4.27. The third-order valence-electron chi connectivity index (χ3n) is 12.6. The van der Waals surface area contributed by atoms with Crippen molar-refractivity contribution in [3.05, 3.63) is 94.4 Å². The van der Waals surface area contributed by atoms with Crippen LogP contribution in [0.4, 0.5) is 5.82 Å². The largest absolute Gasteiger partial charge is 0.507 e. The Morgan fingerprint density at radius 1 is 0.983 bits per heavy atom. The smallest absolute Gasteiger partial charge is 0.243 e. The standard InChI is InChI=1S/C45H51N9O4S/c1-26(2)41(45(57)54-18-7-9-37(54)44(56)47-27(3)29-11-13-30(14-12-29)42-28(4)46-25-59-42)39-23-40(51-58-39)52-19-15-31(16-20-52)53-21-17-35-34(24-53)33-22-36(49-50-43(33)48-35)32-8-5-6-10-38(32)55/h5-6,8,10-14,22-23,25-27,31,37,41,55H,7,9,15-21,24H2,1-4H3,(H,47,56)(H,48,50)/t27-,37-,41+/m0/s1. The number of carbonyl (C=O) groups is 2. The average molecular weight is 814 g/mol. The molecule has 59 heavy (non-hydrogen) atoms. The fourth-order valence-electron chi connectivity index (χ4n) is 9.31. The van der Waals surface area contributed by atoms with Gasteiger partial charge >= 0.3 is 0 Å². The van der Waals surface area contributed by atoms with Crippen LogP contribution < -0.4 is 10.2 Å². The van der Waals surface area contributed by atoms with Crippen LogP contribution in [0.15, 0.2) is 70.7 Å². The van der Waals surface area contributed by atoms with Crippen molar-refractivity contribution < 1.29 is 19.2 Å². The van der Waals surface area contributed by atoms with Gasteiger partial charge in [0.15, 0.2) is 17.2 Å². The number of para-hydroxylation sites is 1. The third-order valence-corrected chi connectivity index (χ3v) is 13.6. The second-order valence-electron chi connectivity index (χ2n) is 16.6. The molecule has 306 valence electrons. The van der Waals surface area contributed by atoms with Gasteiger partial charge in [0.25, 0.3) is 0 Å². The van der Waals surface area contributed by atoms with E-state index in [0.29, 0.717) is 36.0 Å². The molecule has 2 saturated heterocycles. The van der Waals surface area contributed by atoms with Crippen molar-refractivity contribution in [2.24, 2.45) is 5.92 Å². The van der Waals surface area contributed by atoms with Crippen molar-refractivity contribution in [1.82, 2.24) is 40.4 Å². The molecule has 0 saturated carbocycles. The normalized spacial score (nSPS) is 18.7. The van der Waals surface area contributed by atoms with E-state index in [1.807, 2.05) is 57.5 Å². The first kappa shape index (κ1) is 38.9. The maximum absolute atomic E-state index is 14.3. The average Bonchev–Trinajstić information content (AvgIpc) is 4.08. The highest BCUT2D eigenvalue weighted by Gasteiger charge is 2.41. The minimum absolute atomic E-state index is 0.0492. The Labute approximate surface area is 347 Å². The predicted octanol–water partition coefficient (Wildman–Crippen LogP) is 7.39. The molecule has 2 aromatic carbocycles. The molecule has 3 atom stereocenters. The molecule has 7 heterocycles. The van der Waals surface area contributed by atoms with Gasteiger partial charge in [0, 0.05) is 67.9 Å². The number of hydrogen-bond acceptors (Lipinski definition) is 11. The predicted molar refractivity (Wildman–Crippen MR) is 228 cm³/mol. The second kappa shape index (κ2) is 16.2. The summed E-state index contributed by atoms with van der Waals surface area (Å²) >= 11 is 1.62. The first-order valence-electron chi connectivity index (χ1n) is 20.8. The lowest BCUT2D eigenvalue weighted by atomic mass is 9.91. The number of rotatable bonds is 10. The first-order chi connectivity index (χ1) is 28.6. The van der Waals surface area contributed by atoms with Crippen LogP contribution in [-0.2, 0) is 22.6 Å². The van der Waals surface area contributed by atoms with Crippen LogP contribution in [0.25, 0.3) is 32.7 Å². The van der Waals surface area contributed by atoms with Gasteiger partial charge in [-0.15, -0.1) is 21.5 Å². The maximum atomic E-state index is 14.3. The van der Waals surface area contributed by atoms with E-state index in [2.05, 4.69) is 64.7 Å². The number of phenolic OH excluding ortho intramolecular Hbond substituents is 1. The number of H-pyrrole nitrogens is 1. The Morgan fingerprint density at radius 3 is 2.53 bits per heavy atom. The Bertz CT molecular complexity index is 2470. The quantitative estimate of drug-likeness (QED) is 0.128. The van der Waals surface area contributed by atoms with Crippen LogP contribution >= 0.6 is 11.3 Å². The summed E-state index contributed by atoms with van der Waals surface area (Å²) in [7, 11) is 0. The minimum Gasteiger partial charge on any atom is -0.507 e. The molecule has 0 radical (unpaired) electrons. The topological polar surface area (TPSA) is 157 Å². The molecule has 13 nitrogen and oxygen atoms in total. The lowest BCUT2D eigenvalue weighted by Gasteiger charge is -2.40. The lowest BCUT2D eigenvalue weighted by molar-refractivity contribution is -0.141. The highest BCUT2D eigenvalue weighted by Crippen LogP contribution is 2.36. The number of aromatic hydroxyl groups is 1. The zero-order valence-corrected chi connectivity index (χ0v) is 34.8. The summed E-state index contributed by atoms with van der Waals surface area (Å²) in [5.74, 6) is 0.685. The van der Waals surface area contributed by atoms with Crippen molar-refractivity contribution in [2.75, 3.05) is 31.1 Å². The molecule has 3 aliphatic heterocycles. The molecule has 3 N–H and O–H groups in total. The van der Waals surface area contributed by atoms with Crippen LogP contribution in [0.1, 0.15) is 86.7 Å². The van der Waals surface area contributed by atoms with Gasteiger partial charge in [-0.1, -0.05) is 55.4 Å². The number of aromatic nitrogens is 5. The lowest BCUT2D eigenvalue weighted by Crippen LogP contribution is -2.48. The molecule has 0 spiro atoms. The fourth-order valence-corrected chi connectivity index (χ4v) is 10.1. The number of carbonyl (C=O) groups excluding carboxylic acids is 2. The van der Waals surface area contributed by atoms with Crippen molar-refractivity contribution >= 4 is 40.0 Å². The molecule has 2 amide bonds. The molecule has 0 bridgehead atoms. The van der Waals surface area contributed by atoms with Crippen LogP contribution in [0.2, 0.25) is 0 Å². The van der Waals surface area contributed by atoms with E-state index in [1.165, 1.54) is 11.3 Å². The summed E-state index contributed by atoms with van der Waals surface area (Å²) in [6, 6.07) is 19.1. The number of fused-ring (bicyclic) bond motifs is 3. The van der Waals surface area contributed by atoms with Crippen LogP contribution in [0, 0.1) is 12.8 Å². The summed E-state index contributed by atoms with van der Waals surface area (Å²) in [4.78, 5) is 43.7. The number of anilines is 1. The highest BCUT2D eigenvalue weighted by atomic mass is 32.1. The molecule has 6 aromatic rings. The SMILES string of the molecule is Cc1ncsc1-c1ccc([C@H](C)NC(=O)[C@@H]2CCCN2C(=O)[C@@H](c2cc(N3CCC(N4CCc5[nH]c6nnc(-c7ccccc7O)cc6c5C4)CC3)no2)C(C)C)cc1. The van der Waals surface area contributed by atoms with Gasteiger partial charge in [-0.3, -0.25) is 14.5 Å². The van der Waals surface area contributed by atoms with Crippen LogP contribution in [0.3, 0.4) is 0 Å². The molecular weight excluding hydrogens is 763 g/mol. The number of nitrogens with one attached hydrogen (secondary N) is 2. The van der Waals surface area contributed by atoms with Gasteiger partial charge in [0.05, 0.1) is 27.8 Å². The van der Waals surface area contributed by atoms with Gasteiger partial charge in [-0.25, -0.2) is 4.98 Å². The van der Waals surface area contributed by atoms with E-state index < -0.39 is 12.0 Å². The molecule has 3 aliphatic rings. The zero-order chi connectivity index (χ0) is 40.8. The minimum atomic E-state index is -0.544. The Morgan fingerprint density at radius 2 is 1.78 bits per heavy atom. The van der Waals surface area contributed by atoms with Gasteiger partial charge in [-0.05, 0) is 80.3 Å². The van der Waals surface area contributed by atoms with E-state index in [-0.39, 0.29) is 29.5 Å². The van der Waals surface area contributed by atoms with Crippen LogP contribution in [0.5, 0.6) is 5.75 Å².